The van der Waals surface area contributed by atoms with Crippen molar-refractivity contribution in [1.29, 1.82) is 0 Å². The van der Waals surface area contributed by atoms with Gasteiger partial charge < -0.3 is 14.4 Å². The van der Waals surface area contributed by atoms with Crippen molar-refractivity contribution in [2.24, 2.45) is 0 Å². The van der Waals surface area contributed by atoms with Crippen LogP contribution in [0.15, 0.2) is 57.2 Å². The molecule has 0 N–H and O–H groups in total. The number of anilines is 1. The van der Waals surface area contributed by atoms with Gasteiger partial charge >= 0.3 is 0 Å². The molecule has 0 radical (unpaired) electrons. The highest BCUT2D eigenvalue weighted by molar-refractivity contribution is 9.10. The molecule has 1 saturated heterocycles. The summed E-state index contributed by atoms with van der Waals surface area (Å²) in [5.41, 5.74) is 1.82. The monoisotopic (exact) mass is 522 g/mol. The molecule has 3 aromatic rings. The van der Waals surface area contributed by atoms with Crippen molar-refractivity contribution in [3.63, 3.8) is 0 Å². The van der Waals surface area contributed by atoms with Crippen molar-refractivity contribution in [1.82, 2.24) is 4.98 Å². The van der Waals surface area contributed by atoms with E-state index in [-0.39, 0.29) is 5.25 Å². The van der Waals surface area contributed by atoms with Crippen LogP contribution in [0.2, 0.25) is 0 Å². The molecule has 0 saturated carbocycles. The summed E-state index contributed by atoms with van der Waals surface area (Å²) in [5, 5.41) is 2.54. The number of hydrogen-bond donors (Lipinski definition) is 0. The van der Waals surface area contributed by atoms with Crippen LogP contribution in [0, 0.1) is 0 Å². The molecular formula is C22H23BrN2O4S2. The Morgan fingerprint density at radius 1 is 1.06 bits per heavy atom. The van der Waals surface area contributed by atoms with Gasteiger partial charge in [0.25, 0.3) is 0 Å². The number of piperidine rings is 1. The van der Waals surface area contributed by atoms with E-state index in [9.17, 15) is 8.42 Å². The molecule has 9 heteroatoms. The van der Waals surface area contributed by atoms with Gasteiger partial charge in [-0.2, -0.15) is 0 Å². The van der Waals surface area contributed by atoms with E-state index < -0.39 is 9.84 Å². The number of halogens is 1. The van der Waals surface area contributed by atoms with Crippen LogP contribution in [-0.4, -0.2) is 46.0 Å². The Morgan fingerprint density at radius 3 is 2.45 bits per heavy atom. The van der Waals surface area contributed by atoms with E-state index in [1.54, 1.807) is 43.8 Å². The second kappa shape index (κ2) is 9.18. The first kappa shape index (κ1) is 22.1. The van der Waals surface area contributed by atoms with E-state index in [1.165, 1.54) is 0 Å². The molecule has 1 fully saturated rings. The third kappa shape index (κ3) is 4.44. The fraction of sp³-hybridized carbons (Fsp3) is 0.318. The third-order valence-corrected chi connectivity index (χ3v) is 9.64. The van der Waals surface area contributed by atoms with Gasteiger partial charge in [0.2, 0.25) is 0 Å². The summed E-state index contributed by atoms with van der Waals surface area (Å²) in [6.07, 6.45) is 1.16. The van der Waals surface area contributed by atoms with Crippen molar-refractivity contribution in [2.75, 3.05) is 32.2 Å². The average molecular weight is 523 g/mol. The lowest BCUT2D eigenvalue weighted by Crippen LogP contribution is -2.39. The molecule has 0 aliphatic carbocycles. The highest BCUT2D eigenvalue weighted by atomic mass is 79.9. The Morgan fingerprint density at radius 2 is 1.77 bits per heavy atom. The quantitative estimate of drug-likeness (QED) is 0.452. The predicted molar refractivity (Wildman–Crippen MR) is 127 cm³/mol. The van der Waals surface area contributed by atoms with Gasteiger partial charge in [-0.25, -0.2) is 13.4 Å². The maximum atomic E-state index is 13.1. The van der Waals surface area contributed by atoms with E-state index in [0.717, 1.165) is 16.4 Å². The normalized spacial score (nSPS) is 15.1. The van der Waals surface area contributed by atoms with Crippen LogP contribution in [0.1, 0.15) is 12.8 Å². The predicted octanol–water partition coefficient (Wildman–Crippen LogP) is 5.03. The first-order chi connectivity index (χ1) is 14.9. The second-order valence-electron chi connectivity index (χ2n) is 7.25. The zero-order valence-corrected chi connectivity index (χ0v) is 20.5. The average Bonchev–Trinajstić information content (AvgIpc) is 3.29. The number of aromatic nitrogens is 1. The molecule has 6 nitrogen and oxygen atoms in total. The fourth-order valence-corrected chi connectivity index (χ4v) is 7.40. The van der Waals surface area contributed by atoms with E-state index in [2.05, 4.69) is 20.8 Å². The van der Waals surface area contributed by atoms with Crippen LogP contribution in [0.4, 0.5) is 5.13 Å². The number of nitrogens with zero attached hydrogens (tertiary/aromatic N) is 2. The van der Waals surface area contributed by atoms with Gasteiger partial charge in [-0.05, 0) is 59.1 Å². The lowest BCUT2D eigenvalue weighted by atomic mass is 10.1. The molecule has 1 aliphatic rings. The Bertz CT molecular complexity index is 1170. The van der Waals surface area contributed by atoms with Gasteiger partial charge in [-0.15, -0.1) is 11.3 Å². The highest BCUT2D eigenvalue weighted by Gasteiger charge is 2.33. The SMILES string of the molecule is COc1ccc(-c2csc(N3CCC(S(=O)(=O)c4ccccc4Br)CC3)n2)cc1OC. The molecule has 0 atom stereocenters. The summed E-state index contributed by atoms with van der Waals surface area (Å²) in [5.74, 6) is 1.34. The first-order valence-corrected chi connectivity index (χ1v) is 13.1. The summed E-state index contributed by atoms with van der Waals surface area (Å²) < 4.78 is 37.5. The minimum atomic E-state index is -3.37. The fourth-order valence-electron chi connectivity index (χ4n) is 3.75. The molecule has 31 heavy (non-hydrogen) atoms. The lowest BCUT2D eigenvalue weighted by Gasteiger charge is -2.31. The molecule has 0 bridgehead atoms. The molecule has 0 unspecified atom stereocenters. The molecule has 2 heterocycles. The topological polar surface area (TPSA) is 68.7 Å². The molecular weight excluding hydrogens is 500 g/mol. The number of ether oxygens (including phenoxy) is 2. The van der Waals surface area contributed by atoms with Gasteiger partial charge in [0.1, 0.15) is 0 Å². The number of thiazole rings is 1. The maximum absolute atomic E-state index is 13.1. The highest BCUT2D eigenvalue weighted by Crippen LogP contribution is 2.36. The zero-order chi connectivity index (χ0) is 22.0. The van der Waals surface area contributed by atoms with Crippen LogP contribution in [-0.2, 0) is 9.84 Å². The minimum Gasteiger partial charge on any atom is -0.493 e. The van der Waals surface area contributed by atoms with Crippen molar-refractivity contribution < 1.29 is 17.9 Å². The summed E-state index contributed by atoms with van der Waals surface area (Å²) in [4.78, 5) is 7.33. The summed E-state index contributed by atoms with van der Waals surface area (Å²) in [6, 6.07) is 12.8. The second-order valence-corrected chi connectivity index (χ2v) is 11.1. The van der Waals surface area contributed by atoms with E-state index >= 15 is 0 Å². The molecule has 0 spiro atoms. The zero-order valence-electron chi connectivity index (χ0n) is 17.2. The smallest absolute Gasteiger partial charge is 0.185 e. The Labute approximate surface area is 194 Å². The Balaban J connectivity index is 1.47. The van der Waals surface area contributed by atoms with Gasteiger partial charge in [-0.1, -0.05) is 12.1 Å². The van der Waals surface area contributed by atoms with Gasteiger partial charge in [-0.3, -0.25) is 0 Å². The number of sulfone groups is 1. The lowest BCUT2D eigenvalue weighted by molar-refractivity contribution is 0.355. The van der Waals surface area contributed by atoms with Crippen LogP contribution in [0.25, 0.3) is 11.3 Å². The minimum absolute atomic E-state index is 0.374. The third-order valence-electron chi connectivity index (χ3n) is 5.47. The van der Waals surface area contributed by atoms with Crippen LogP contribution in [0.3, 0.4) is 0 Å². The van der Waals surface area contributed by atoms with Gasteiger partial charge in [0.15, 0.2) is 26.5 Å². The summed E-state index contributed by atoms with van der Waals surface area (Å²) >= 11 is 4.94. The van der Waals surface area contributed by atoms with Crippen molar-refractivity contribution in [2.45, 2.75) is 23.0 Å². The van der Waals surface area contributed by atoms with Crippen LogP contribution in [0.5, 0.6) is 11.5 Å². The summed E-state index contributed by atoms with van der Waals surface area (Å²) in [7, 11) is -0.145. The Hall–Kier alpha value is -2.10. The van der Waals surface area contributed by atoms with Crippen LogP contribution >= 0.6 is 27.3 Å². The number of benzene rings is 2. The molecule has 164 valence electrons. The van der Waals surface area contributed by atoms with Crippen molar-refractivity contribution in [3.8, 4) is 22.8 Å². The number of rotatable bonds is 6. The van der Waals surface area contributed by atoms with Crippen LogP contribution < -0.4 is 14.4 Å². The van der Waals surface area contributed by atoms with Crippen molar-refractivity contribution >= 4 is 42.2 Å². The standard InChI is InChI=1S/C22H23BrN2O4S2/c1-28-19-8-7-15(13-20(19)29-2)18-14-30-22(24-18)25-11-9-16(10-12-25)31(26,27)21-6-4-3-5-17(21)23/h3-8,13-14,16H,9-12H2,1-2H3. The Kier molecular flexibility index (Phi) is 6.55. The number of hydrogen-bond acceptors (Lipinski definition) is 7. The van der Waals surface area contributed by atoms with Gasteiger partial charge in [0, 0.05) is 28.5 Å². The molecule has 1 aromatic heterocycles. The largest absolute Gasteiger partial charge is 0.493 e. The van der Waals surface area contributed by atoms with E-state index in [1.807, 2.05) is 29.6 Å². The molecule has 1 aliphatic heterocycles. The summed E-state index contributed by atoms with van der Waals surface area (Å²) in [6.45, 7) is 1.32. The van der Waals surface area contributed by atoms with Gasteiger partial charge in [0.05, 0.1) is 30.1 Å². The molecule has 4 rings (SSSR count). The molecule has 2 aromatic carbocycles. The molecule has 0 amide bonds. The van der Waals surface area contributed by atoms with Crippen molar-refractivity contribution in [3.05, 3.63) is 52.3 Å². The number of methoxy groups -OCH3 is 2. The van der Waals surface area contributed by atoms with E-state index in [4.69, 9.17) is 14.5 Å². The van der Waals surface area contributed by atoms with E-state index in [0.29, 0.717) is 46.8 Å². The maximum Gasteiger partial charge on any atom is 0.185 e. The first-order valence-electron chi connectivity index (χ1n) is 9.85.